The minimum atomic E-state index is 0.0620. The van der Waals surface area contributed by atoms with Gasteiger partial charge in [0, 0.05) is 35.5 Å². The second kappa shape index (κ2) is 17.5. The van der Waals surface area contributed by atoms with Gasteiger partial charge >= 0.3 is 0 Å². The van der Waals surface area contributed by atoms with E-state index in [0.29, 0.717) is 19.1 Å². The summed E-state index contributed by atoms with van der Waals surface area (Å²) in [6.45, 7) is 13.6. The summed E-state index contributed by atoms with van der Waals surface area (Å²) >= 11 is 0. The van der Waals surface area contributed by atoms with Gasteiger partial charge in [0.1, 0.15) is 17.3 Å². The van der Waals surface area contributed by atoms with Crippen molar-refractivity contribution in [3.05, 3.63) is 132 Å². The zero-order valence-electron chi connectivity index (χ0n) is 31.4. The van der Waals surface area contributed by atoms with Crippen molar-refractivity contribution in [3.8, 4) is 28.4 Å². The maximum atomic E-state index is 6.35. The molecule has 0 saturated carbocycles. The minimum absolute atomic E-state index is 0.0620. The molecule has 5 aromatic rings. The molecular formula is C45H57N3O2. The van der Waals surface area contributed by atoms with Gasteiger partial charge in [-0.3, -0.25) is 0 Å². The molecule has 1 heterocycles. The van der Waals surface area contributed by atoms with E-state index in [0.717, 1.165) is 72.9 Å². The van der Waals surface area contributed by atoms with E-state index in [-0.39, 0.29) is 11.3 Å². The molecular weight excluding hydrogens is 615 g/mol. The fourth-order valence-electron chi connectivity index (χ4n) is 6.89. The van der Waals surface area contributed by atoms with Crippen LogP contribution in [-0.4, -0.2) is 48.3 Å². The molecule has 0 radical (unpaired) electrons. The molecule has 5 rings (SSSR count). The third-order valence-electron chi connectivity index (χ3n) is 9.08. The van der Waals surface area contributed by atoms with Gasteiger partial charge in [0.15, 0.2) is 0 Å². The lowest BCUT2D eigenvalue weighted by atomic mass is 9.89. The topological polar surface area (TPSA) is 39.5 Å². The van der Waals surface area contributed by atoms with Crippen LogP contribution in [-0.2, 0) is 12.8 Å². The van der Waals surface area contributed by atoms with Crippen molar-refractivity contribution in [2.24, 2.45) is 11.3 Å². The summed E-state index contributed by atoms with van der Waals surface area (Å²) in [6, 6.07) is 38.6. The molecule has 0 spiro atoms. The van der Waals surface area contributed by atoms with Crippen LogP contribution in [0.25, 0.3) is 16.9 Å². The number of nitrogens with zero attached hydrogens (tertiary/aromatic N) is 3. The van der Waals surface area contributed by atoms with Crippen molar-refractivity contribution in [1.82, 2.24) is 14.5 Å². The third kappa shape index (κ3) is 10.1. The van der Waals surface area contributed by atoms with Crippen LogP contribution < -0.4 is 9.47 Å². The van der Waals surface area contributed by atoms with Gasteiger partial charge < -0.3 is 18.9 Å². The standard InChI is InChI=1S/C45H57N3O2/c1-8-9-20-42-44(46-43(31-34(2)3)48(42)38-23-27-40(28-24-38)50-33-45(4,5)32-47(6)7)37-21-25-39(26-22-37)49-30-29-41(35-16-12-10-13-17-35)36-18-14-11-15-19-36/h10-19,21-28,34,41H,8-9,20,29-33H2,1-7H3. The van der Waals surface area contributed by atoms with E-state index in [4.69, 9.17) is 14.5 Å². The maximum absolute atomic E-state index is 6.35. The molecule has 4 aromatic carbocycles. The molecule has 0 bridgehead atoms. The Kier molecular flexibility index (Phi) is 12.9. The highest BCUT2D eigenvalue weighted by Gasteiger charge is 2.22. The van der Waals surface area contributed by atoms with E-state index in [1.165, 1.54) is 16.8 Å². The molecule has 0 aliphatic carbocycles. The summed E-state index contributed by atoms with van der Waals surface area (Å²) < 4.78 is 15.0. The number of ether oxygens (including phenoxy) is 2. The Labute approximate surface area is 301 Å². The van der Waals surface area contributed by atoms with Crippen molar-refractivity contribution >= 4 is 0 Å². The summed E-state index contributed by atoms with van der Waals surface area (Å²) in [5, 5.41) is 0. The van der Waals surface area contributed by atoms with Gasteiger partial charge in [0.2, 0.25) is 0 Å². The number of hydrogen-bond acceptors (Lipinski definition) is 4. The Morgan fingerprint density at radius 2 is 1.34 bits per heavy atom. The van der Waals surface area contributed by atoms with Crippen LogP contribution in [0, 0.1) is 11.3 Å². The molecule has 50 heavy (non-hydrogen) atoms. The van der Waals surface area contributed by atoms with E-state index >= 15 is 0 Å². The summed E-state index contributed by atoms with van der Waals surface area (Å²) in [5.74, 6) is 3.66. The fraction of sp³-hybridized carbons (Fsp3) is 0.400. The zero-order valence-corrected chi connectivity index (χ0v) is 31.4. The number of aromatic nitrogens is 2. The van der Waals surface area contributed by atoms with E-state index in [9.17, 15) is 0 Å². The second-order valence-corrected chi connectivity index (χ2v) is 15.1. The van der Waals surface area contributed by atoms with Crippen molar-refractivity contribution in [3.63, 3.8) is 0 Å². The normalized spacial score (nSPS) is 11.9. The van der Waals surface area contributed by atoms with Crippen molar-refractivity contribution < 1.29 is 9.47 Å². The van der Waals surface area contributed by atoms with Gasteiger partial charge in [0.05, 0.1) is 24.6 Å². The monoisotopic (exact) mass is 671 g/mol. The second-order valence-electron chi connectivity index (χ2n) is 15.1. The fourth-order valence-corrected chi connectivity index (χ4v) is 6.89. The molecule has 0 saturated heterocycles. The van der Waals surface area contributed by atoms with Crippen LogP contribution in [0.15, 0.2) is 109 Å². The maximum Gasteiger partial charge on any atom is 0.119 e. The van der Waals surface area contributed by atoms with E-state index in [2.05, 4.69) is 167 Å². The zero-order chi connectivity index (χ0) is 35.5. The van der Waals surface area contributed by atoms with Gasteiger partial charge in [0.25, 0.3) is 0 Å². The molecule has 0 aliphatic heterocycles. The first-order chi connectivity index (χ1) is 24.1. The largest absolute Gasteiger partial charge is 0.494 e. The summed E-state index contributed by atoms with van der Waals surface area (Å²) in [7, 11) is 4.22. The first kappa shape index (κ1) is 36.9. The molecule has 0 amide bonds. The quantitative estimate of drug-likeness (QED) is 0.0929. The molecule has 0 N–H and O–H groups in total. The smallest absolute Gasteiger partial charge is 0.119 e. The average Bonchev–Trinajstić information content (AvgIpc) is 3.46. The van der Waals surface area contributed by atoms with Crippen molar-refractivity contribution in [1.29, 1.82) is 0 Å². The molecule has 0 atom stereocenters. The molecule has 0 fully saturated rings. The first-order valence-electron chi connectivity index (χ1n) is 18.4. The lowest BCUT2D eigenvalue weighted by Gasteiger charge is -2.28. The van der Waals surface area contributed by atoms with Gasteiger partial charge in [-0.15, -0.1) is 0 Å². The molecule has 0 aliphatic rings. The highest BCUT2D eigenvalue weighted by molar-refractivity contribution is 5.65. The third-order valence-corrected chi connectivity index (χ3v) is 9.08. The van der Waals surface area contributed by atoms with Gasteiger partial charge in [-0.1, -0.05) is 102 Å². The van der Waals surface area contributed by atoms with Crippen LogP contribution in [0.4, 0.5) is 0 Å². The lowest BCUT2D eigenvalue weighted by Crippen LogP contribution is -2.33. The Morgan fingerprint density at radius 1 is 0.760 bits per heavy atom. The summed E-state index contributed by atoms with van der Waals surface area (Å²) in [5.41, 5.74) is 7.29. The van der Waals surface area contributed by atoms with Crippen LogP contribution in [0.2, 0.25) is 0 Å². The molecule has 5 heteroatoms. The number of rotatable bonds is 18. The SMILES string of the molecule is CCCCc1c(-c2ccc(OCCC(c3ccccc3)c3ccccc3)cc2)nc(CC(C)C)n1-c1ccc(OCC(C)(C)CN(C)C)cc1. The molecule has 1 aromatic heterocycles. The summed E-state index contributed by atoms with van der Waals surface area (Å²) in [4.78, 5) is 7.55. The Morgan fingerprint density at radius 3 is 1.90 bits per heavy atom. The van der Waals surface area contributed by atoms with Crippen molar-refractivity contribution in [2.45, 2.75) is 72.6 Å². The van der Waals surface area contributed by atoms with Crippen LogP contribution in [0.5, 0.6) is 11.5 Å². The Hall–Kier alpha value is -4.35. The van der Waals surface area contributed by atoms with Crippen LogP contribution in [0.3, 0.4) is 0 Å². The molecule has 264 valence electrons. The number of imidazole rings is 1. The first-order valence-corrected chi connectivity index (χ1v) is 18.4. The number of unbranched alkanes of at least 4 members (excludes halogenated alkanes) is 1. The predicted molar refractivity (Wildman–Crippen MR) is 209 cm³/mol. The van der Waals surface area contributed by atoms with E-state index < -0.39 is 0 Å². The van der Waals surface area contributed by atoms with Gasteiger partial charge in [-0.25, -0.2) is 4.98 Å². The number of benzene rings is 4. The highest BCUT2D eigenvalue weighted by Crippen LogP contribution is 2.33. The summed E-state index contributed by atoms with van der Waals surface area (Å²) in [6.07, 6.45) is 5.00. The van der Waals surface area contributed by atoms with Crippen molar-refractivity contribution in [2.75, 3.05) is 33.9 Å². The molecule has 0 unspecified atom stereocenters. The van der Waals surface area contributed by atoms with Crippen LogP contribution in [0.1, 0.15) is 82.4 Å². The Balaban J connectivity index is 1.35. The number of hydrogen-bond donors (Lipinski definition) is 0. The van der Waals surface area contributed by atoms with Gasteiger partial charge in [-0.2, -0.15) is 0 Å². The lowest BCUT2D eigenvalue weighted by molar-refractivity contribution is 0.141. The van der Waals surface area contributed by atoms with E-state index in [1.54, 1.807) is 0 Å². The minimum Gasteiger partial charge on any atom is -0.494 e. The predicted octanol–water partition coefficient (Wildman–Crippen LogP) is 10.6. The van der Waals surface area contributed by atoms with Crippen LogP contribution >= 0.6 is 0 Å². The Bertz CT molecular complexity index is 1680. The average molecular weight is 672 g/mol. The van der Waals surface area contributed by atoms with Gasteiger partial charge in [-0.05, 0) is 98.9 Å². The molecule has 5 nitrogen and oxygen atoms in total. The highest BCUT2D eigenvalue weighted by atomic mass is 16.5. The van der Waals surface area contributed by atoms with E-state index in [1.807, 2.05) is 0 Å².